The molecule has 0 amide bonds. The van der Waals surface area contributed by atoms with E-state index in [1.807, 2.05) is 73.1 Å². The van der Waals surface area contributed by atoms with Crippen molar-refractivity contribution in [1.82, 2.24) is 20.0 Å². The van der Waals surface area contributed by atoms with Gasteiger partial charge in [0.15, 0.2) is 0 Å². The van der Waals surface area contributed by atoms with E-state index < -0.39 is 0 Å². The summed E-state index contributed by atoms with van der Waals surface area (Å²) < 4.78 is 7.72. The maximum Gasteiger partial charge on any atom is 0.251 e. The van der Waals surface area contributed by atoms with Gasteiger partial charge in [-0.1, -0.05) is 35.9 Å². The van der Waals surface area contributed by atoms with Gasteiger partial charge in [0, 0.05) is 5.56 Å². The molecule has 0 aliphatic carbocycles. The average molecular weight is 316 g/mol. The maximum atomic E-state index is 5.85. The second-order valence-electron chi connectivity index (χ2n) is 5.67. The Bertz CT molecular complexity index is 968. The lowest BCUT2D eigenvalue weighted by Crippen LogP contribution is -1.98. The number of hydrogen-bond donors (Lipinski definition) is 0. The predicted octanol–water partition coefficient (Wildman–Crippen LogP) is 4.21. The van der Waals surface area contributed by atoms with E-state index in [0.717, 1.165) is 22.5 Å². The summed E-state index contributed by atoms with van der Waals surface area (Å²) in [7, 11) is 0. The first kappa shape index (κ1) is 14.4. The summed E-state index contributed by atoms with van der Waals surface area (Å²) in [6.45, 7) is 4.04. The lowest BCUT2D eigenvalue weighted by Gasteiger charge is -2.03. The first-order chi connectivity index (χ1) is 11.7. The SMILES string of the molecule is Cc1ccc(-c2nnc(-c3cnn(-c4ccccc4)c3C)o2)cc1. The van der Waals surface area contributed by atoms with Crippen LogP contribution in [0.3, 0.4) is 0 Å². The Labute approximate surface area is 139 Å². The summed E-state index contributed by atoms with van der Waals surface area (Å²) in [5, 5.41) is 12.8. The normalized spacial score (nSPS) is 10.9. The molecule has 5 heteroatoms. The van der Waals surface area contributed by atoms with Gasteiger partial charge in [-0.25, -0.2) is 4.68 Å². The summed E-state index contributed by atoms with van der Waals surface area (Å²) >= 11 is 0. The number of benzene rings is 2. The lowest BCUT2D eigenvalue weighted by molar-refractivity contribution is 0.584. The quantitative estimate of drug-likeness (QED) is 0.568. The lowest BCUT2D eigenvalue weighted by atomic mass is 10.1. The van der Waals surface area contributed by atoms with Gasteiger partial charge in [-0.3, -0.25) is 0 Å². The van der Waals surface area contributed by atoms with E-state index in [0.29, 0.717) is 11.8 Å². The zero-order valence-electron chi connectivity index (χ0n) is 13.5. The molecule has 4 aromatic rings. The fourth-order valence-electron chi connectivity index (χ4n) is 2.59. The van der Waals surface area contributed by atoms with Crippen molar-refractivity contribution < 1.29 is 4.42 Å². The summed E-state index contributed by atoms with van der Waals surface area (Å²) in [6.07, 6.45) is 1.76. The highest BCUT2D eigenvalue weighted by Crippen LogP contribution is 2.27. The summed E-state index contributed by atoms with van der Waals surface area (Å²) in [5.41, 5.74) is 4.90. The molecule has 0 saturated carbocycles. The minimum absolute atomic E-state index is 0.477. The summed E-state index contributed by atoms with van der Waals surface area (Å²) in [4.78, 5) is 0. The van der Waals surface area contributed by atoms with Crippen molar-refractivity contribution in [3.63, 3.8) is 0 Å². The highest BCUT2D eigenvalue weighted by atomic mass is 16.4. The summed E-state index contributed by atoms with van der Waals surface area (Å²) in [6, 6.07) is 18.0. The molecule has 0 bridgehead atoms. The van der Waals surface area contributed by atoms with E-state index in [9.17, 15) is 0 Å². The van der Waals surface area contributed by atoms with Crippen LogP contribution in [-0.4, -0.2) is 20.0 Å². The van der Waals surface area contributed by atoms with Gasteiger partial charge in [0.2, 0.25) is 5.89 Å². The molecule has 2 heterocycles. The molecule has 0 unspecified atom stereocenters. The molecular formula is C19H16N4O. The topological polar surface area (TPSA) is 56.7 Å². The largest absolute Gasteiger partial charge is 0.416 e. The molecule has 0 N–H and O–H groups in total. The highest BCUT2D eigenvalue weighted by Gasteiger charge is 2.16. The number of aromatic nitrogens is 4. The molecule has 0 atom stereocenters. The van der Waals surface area contributed by atoms with E-state index in [4.69, 9.17) is 4.42 Å². The van der Waals surface area contributed by atoms with Gasteiger partial charge < -0.3 is 4.42 Å². The van der Waals surface area contributed by atoms with E-state index in [-0.39, 0.29) is 0 Å². The third kappa shape index (κ3) is 2.50. The third-order valence-electron chi connectivity index (χ3n) is 3.96. The van der Waals surface area contributed by atoms with E-state index >= 15 is 0 Å². The molecule has 0 aliphatic heterocycles. The van der Waals surface area contributed by atoms with Crippen LogP contribution in [0.15, 0.2) is 65.2 Å². The molecular weight excluding hydrogens is 300 g/mol. The van der Waals surface area contributed by atoms with E-state index in [1.165, 1.54) is 5.56 Å². The van der Waals surface area contributed by atoms with Gasteiger partial charge in [0.05, 0.1) is 23.1 Å². The molecule has 2 aromatic carbocycles. The van der Waals surface area contributed by atoms with Gasteiger partial charge in [0.25, 0.3) is 5.89 Å². The Hall–Kier alpha value is -3.21. The molecule has 2 aromatic heterocycles. The molecule has 0 saturated heterocycles. The predicted molar refractivity (Wildman–Crippen MR) is 91.8 cm³/mol. The number of nitrogens with zero attached hydrogens (tertiary/aromatic N) is 4. The zero-order chi connectivity index (χ0) is 16.5. The van der Waals surface area contributed by atoms with Gasteiger partial charge in [0.1, 0.15) is 0 Å². The van der Waals surface area contributed by atoms with Crippen molar-refractivity contribution in [2.24, 2.45) is 0 Å². The van der Waals surface area contributed by atoms with Crippen molar-refractivity contribution in [2.45, 2.75) is 13.8 Å². The number of rotatable bonds is 3. The molecule has 118 valence electrons. The summed E-state index contributed by atoms with van der Waals surface area (Å²) in [5.74, 6) is 0.988. The standard InChI is InChI=1S/C19H16N4O/c1-13-8-10-15(11-9-13)18-21-22-19(24-18)17-12-20-23(14(17)2)16-6-4-3-5-7-16/h3-12H,1-2H3. The Morgan fingerprint density at radius 2 is 1.54 bits per heavy atom. The molecule has 24 heavy (non-hydrogen) atoms. The first-order valence-corrected chi connectivity index (χ1v) is 7.73. The molecule has 0 aliphatic rings. The highest BCUT2D eigenvalue weighted by molar-refractivity contribution is 5.60. The molecule has 0 fully saturated rings. The van der Waals surface area contributed by atoms with Crippen LogP contribution in [0, 0.1) is 13.8 Å². The fraction of sp³-hybridized carbons (Fsp3) is 0.105. The number of para-hydroxylation sites is 1. The molecule has 4 rings (SSSR count). The fourth-order valence-corrected chi connectivity index (χ4v) is 2.59. The van der Waals surface area contributed by atoms with Crippen molar-refractivity contribution in [1.29, 1.82) is 0 Å². The Kier molecular flexibility index (Phi) is 3.46. The minimum Gasteiger partial charge on any atom is -0.416 e. The third-order valence-corrected chi connectivity index (χ3v) is 3.96. The maximum absolute atomic E-state index is 5.85. The van der Waals surface area contributed by atoms with Crippen LogP contribution in [0.1, 0.15) is 11.3 Å². The van der Waals surface area contributed by atoms with Crippen LogP contribution in [0.5, 0.6) is 0 Å². The average Bonchev–Trinajstić information content (AvgIpc) is 3.23. The Morgan fingerprint density at radius 3 is 2.29 bits per heavy atom. The second-order valence-corrected chi connectivity index (χ2v) is 5.67. The smallest absolute Gasteiger partial charge is 0.251 e. The Balaban J connectivity index is 1.71. The van der Waals surface area contributed by atoms with Crippen molar-refractivity contribution in [3.05, 3.63) is 72.1 Å². The van der Waals surface area contributed by atoms with Crippen molar-refractivity contribution in [2.75, 3.05) is 0 Å². The van der Waals surface area contributed by atoms with Gasteiger partial charge in [-0.2, -0.15) is 5.10 Å². The van der Waals surface area contributed by atoms with Gasteiger partial charge in [-0.05, 0) is 38.1 Å². The van der Waals surface area contributed by atoms with E-state index in [2.05, 4.69) is 15.3 Å². The van der Waals surface area contributed by atoms with Crippen LogP contribution >= 0.6 is 0 Å². The second kappa shape index (κ2) is 5.77. The monoisotopic (exact) mass is 316 g/mol. The minimum atomic E-state index is 0.477. The van der Waals surface area contributed by atoms with Gasteiger partial charge >= 0.3 is 0 Å². The van der Waals surface area contributed by atoms with Crippen LogP contribution in [0.4, 0.5) is 0 Å². The van der Waals surface area contributed by atoms with Crippen molar-refractivity contribution >= 4 is 0 Å². The molecule has 0 radical (unpaired) electrons. The van der Waals surface area contributed by atoms with Crippen LogP contribution in [0.25, 0.3) is 28.6 Å². The van der Waals surface area contributed by atoms with Crippen molar-refractivity contribution in [3.8, 4) is 28.6 Å². The zero-order valence-corrected chi connectivity index (χ0v) is 13.5. The molecule has 0 spiro atoms. The Morgan fingerprint density at radius 1 is 0.833 bits per heavy atom. The first-order valence-electron chi connectivity index (χ1n) is 7.73. The van der Waals surface area contributed by atoms with E-state index in [1.54, 1.807) is 6.20 Å². The molecule has 5 nitrogen and oxygen atoms in total. The van der Waals surface area contributed by atoms with Crippen LogP contribution < -0.4 is 0 Å². The number of hydrogen-bond acceptors (Lipinski definition) is 4. The van der Waals surface area contributed by atoms with Crippen LogP contribution in [-0.2, 0) is 0 Å². The van der Waals surface area contributed by atoms with Crippen LogP contribution in [0.2, 0.25) is 0 Å². The number of aryl methyl sites for hydroxylation is 1. The van der Waals surface area contributed by atoms with Gasteiger partial charge in [-0.15, -0.1) is 10.2 Å².